The van der Waals surface area contributed by atoms with Crippen molar-refractivity contribution in [3.05, 3.63) is 175 Å². The van der Waals surface area contributed by atoms with E-state index in [1.54, 1.807) is 0 Å². The van der Waals surface area contributed by atoms with E-state index < -0.39 is 0 Å². The summed E-state index contributed by atoms with van der Waals surface area (Å²) in [6.07, 6.45) is 3.47. The van der Waals surface area contributed by atoms with Crippen LogP contribution < -0.4 is 15.8 Å². The minimum absolute atomic E-state index is 0.0764. The summed E-state index contributed by atoms with van der Waals surface area (Å²) in [5.74, 6) is 0. The predicted molar refractivity (Wildman–Crippen MR) is 237 cm³/mol. The van der Waals surface area contributed by atoms with Crippen molar-refractivity contribution in [2.75, 3.05) is 4.90 Å². The second-order valence-electron chi connectivity index (χ2n) is 15.5. The number of aromatic nitrogens is 1. The van der Waals surface area contributed by atoms with Gasteiger partial charge >= 0.3 is 6.85 Å². The minimum Gasteiger partial charge on any atom is -0.454 e. The molecule has 0 aliphatic carbocycles. The van der Waals surface area contributed by atoms with Crippen molar-refractivity contribution >= 4 is 78.6 Å². The highest BCUT2D eigenvalue weighted by molar-refractivity contribution is 6.90. The average molecular weight is 717 g/mol. The number of unbranched alkanes of at least 4 members (excludes halogenated alkanes) is 1. The van der Waals surface area contributed by atoms with E-state index in [4.69, 9.17) is 4.42 Å². The Hall–Kier alpha value is -6.78. The topological polar surface area (TPSA) is 21.3 Å². The zero-order valence-electron chi connectivity index (χ0n) is 31.2. The lowest BCUT2D eigenvalue weighted by Crippen LogP contribution is -2.56. The van der Waals surface area contributed by atoms with Gasteiger partial charge in [0.05, 0.1) is 5.69 Å². The van der Waals surface area contributed by atoms with Gasteiger partial charge in [-0.05, 0) is 99.6 Å². The number of anilines is 3. The molecule has 3 nitrogen and oxygen atoms in total. The smallest absolute Gasteiger partial charge is 0.333 e. The molecule has 4 heteroatoms. The van der Waals surface area contributed by atoms with Gasteiger partial charge in [0, 0.05) is 49.5 Å². The van der Waals surface area contributed by atoms with Gasteiger partial charge in [-0.25, -0.2) is 0 Å². The molecule has 8 aromatic carbocycles. The molecule has 56 heavy (non-hydrogen) atoms. The van der Waals surface area contributed by atoms with Crippen LogP contribution in [0, 0.1) is 0 Å². The molecule has 0 amide bonds. The normalized spacial score (nSPS) is 12.9. The summed E-state index contributed by atoms with van der Waals surface area (Å²) in [5.41, 5.74) is 19.2. The number of hydrogen-bond donors (Lipinski definition) is 0. The van der Waals surface area contributed by atoms with Crippen LogP contribution in [0.15, 0.2) is 174 Å². The lowest BCUT2D eigenvalue weighted by atomic mass is 9.45. The van der Waals surface area contributed by atoms with Crippen molar-refractivity contribution in [3.8, 4) is 33.4 Å². The fraction of sp³-hybridized carbons (Fsp3) is 0.0769. The van der Waals surface area contributed by atoms with Crippen molar-refractivity contribution in [1.82, 2.24) is 4.48 Å². The van der Waals surface area contributed by atoms with Gasteiger partial charge in [0.15, 0.2) is 5.58 Å². The number of nitrogens with zero attached hydrogens (tertiary/aromatic N) is 2. The number of para-hydroxylation sites is 2. The molecule has 2 aromatic heterocycles. The highest BCUT2D eigenvalue weighted by Crippen LogP contribution is 2.50. The first-order valence-electron chi connectivity index (χ1n) is 19.9. The molecule has 0 radical (unpaired) electrons. The van der Waals surface area contributed by atoms with Crippen LogP contribution in [-0.4, -0.2) is 11.3 Å². The number of hydrogen-bond acceptors (Lipinski definition) is 2. The van der Waals surface area contributed by atoms with Crippen LogP contribution in [0.5, 0.6) is 0 Å². The molecule has 0 saturated heterocycles. The lowest BCUT2D eigenvalue weighted by molar-refractivity contribution is 0.669. The van der Waals surface area contributed by atoms with E-state index in [2.05, 4.69) is 186 Å². The van der Waals surface area contributed by atoms with Crippen LogP contribution in [0.3, 0.4) is 0 Å². The third-order valence-electron chi connectivity index (χ3n) is 12.3. The Morgan fingerprint density at radius 3 is 2.07 bits per heavy atom. The maximum absolute atomic E-state index is 7.01. The first-order chi connectivity index (χ1) is 27.7. The lowest BCUT2D eigenvalue weighted by Gasteiger charge is -2.40. The quantitative estimate of drug-likeness (QED) is 0.160. The van der Waals surface area contributed by atoms with Crippen LogP contribution in [-0.2, 0) is 6.42 Å². The number of aryl methyl sites for hydroxylation is 1. The van der Waals surface area contributed by atoms with Crippen molar-refractivity contribution in [1.29, 1.82) is 0 Å². The molecule has 12 rings (SSSR count). The first kappa shape index (κ1) is 31.6. The Labute approximate surface area is 326 Å². The summed E-state index contributed by atoms with van der Waals surface area (Å²) in [5, 5.41) is 4.94. The van der Waals surface area contributed by atoms with Gasteiger partial charge in [-0.2, -0.15) is 0 Å². The van der Waals surface area contributed by atoms with Crippen LogP contribution in [0.1, 0.15) is 25.3 Å². The number of furan rings is 1. The predicted octanol–water partition coefficient (Wildman–Crippen LogP) is 12.8. The Bertz CT molecular complexity index is 3180. The molecule has 0 unspecified atom stereocenters. The highest BCUT2D eigenvalue weighted by atomic mass is 16.3. The summed E-state index contributed by atoms with van der Waals surface area (Å²) in [6.45, 7) is 2.20. The maximum Gasteiger partial charge on any atom is 0.333 e. The molecule has 0 N–H and O–H groups in total. The number of rotatable bonds is 6. The third-order valence-corrected chi connectivity index (χ3v) is 12.3. The van der Waals surface area contributed by atoms with Crippen LogP contribution in [0.25, 0.3) is 77.1 Å². The molecule has 0 fully saturated rings. The fourth-order valence-electron chi connectivity index (χ4n) is 9.78. The second kappa shape index (κ2) is 12.1. The fourth-order valence-corrected chi connectivity index (χ4v) is 9.78. The number of fused-ring (bicyclic) bond motifs is 11. The molecule has 2 aliphatic heterocycles. The summed E-state index contributed by atoms with van der Waals surface area (Å²) in [7, 11) is 0. The zero-order valence-corrected chi connectivity index (χ0v) is 31.2. The monoisotopic (exact) mass is 716 g/mol. The second-order valence-corrected chi connectivity index (χ2v) is 15.5. The minimum atomic E-state index is -0.0764. The van der Waals surface area contributed by atoms with Crippen molar-refractivity contribution in [2.45, 2.75) is 26.2 Å². The molecule has 10 aromatic rings. The van der Waals surface area contributed by atoms with Gasteiger partial charge in [-0.3, -0.25) is 0 Å². The SMILES string of the molecule is CCCCc1ccc2c(c1)c1cccc3c1n2B1c2cc(-c4ccccc4)ccc2N(c2ccc(-c4ccccc4)cc2)c2c1c-3cc1c2oc2ccccc21. The van der Waals surface area contributed by atoms with E-state index in [1.807, 2.05) is 0 Å². The van der Waals surface area contributed by atoms with E-state index in [1.165, 1.54) is 90.2 Å². The van der Waals surface area contributed by atoms with Gasteiger partial charge in [0.2, 0.25) is 0 Å². The first-order valence-corrected chi connectivity index (χ1v) is 19.9. The van der Waals surface area contributed by atoms with E-state index in [-0.39, 0.29) is 6.85 Å². The molecular weight excluding hydrogens is 679 g/mol. The summed E-state index contributed by atoms with van der Waals surface area (Å²) in [6, 6.07) is 62.7. The molecule has 0 spiro atoms. The summed E-state index contributed by atoms with van der Waals surface area (Å²) in [4.78, 5) is 2.48. The Morgan fingerprint density at radius 1 is 0.554 bits per heavy atom. The van der Waals surface area contributed by atoms with E-state index in [0.29, 0.717) is 0 Å². The molecule has 2 aliphatic rings. The van der Waals surface area contributed by atoms with Gasteiger partial charge in [0.1, 0.15) is 5.58 Å². The average Bonchev–Trinajstić information content (AvgIpc) is 3.80. The standard InChI is InChI=1S/C52H37BN2O/c1-2-3-13-33-22-28-46-42(30-33)40-19-12-20-41-43-32-44-39-18-10-11-21-48(39)56-52(44)51-49(43)53(55(46)50(40)41)45-31-37(35-16-8-5-9-17-35)25-29-47(45)54(51)38-26-23-36(24-27-38)34-14-6-4-7-15-34/h4-12,14-32H,2-3,13H2,1H3. The Morgan fingerprint density at radius 2 is 1.27 bits per heavy atom. The van der Waals surface area contributed by atoms with Gasteiger partial charge in [-0.15, -0.1) is 0 Å². The zero-order chi connectivity index (χ0) is 36.9. The Balaban J connectivity index is 1.21. The van der Waals surface area contributed by atoms with Crippen molar-refractivity contribution in [2.24, 2.45) is 0 Å². The van der Waals surface area contributed by atoms with E-state index >= 15 is 0 Å². The van der Waals surface area contributed by atoms with Crippen molar-refractivity contribution in [3.63, 3.8) is 0 Å². The summed E-state index contributed by atoms with van der Waals surface area (Å²) < 4.78 is 9.67. The van der Waals surface area contributed by atoms with Gasteiger partial charge < -0.3 is 13.8 Å². The van der Waals surface area contributed by atoms with E-state index in [0.717, 1.165) is 39.7 Å². The maximum atomic E-state index is 7.01. The van der Waals surface area contributed by atoms with Gasteiger partial charge in [-0.1, -0.05) is 141 Å². The van der Waals surface area contributed by atoms with Crippen molar-refractivity contribution < 1.29 is 4.42 Å². The van der Waals surface area contributed by atoms with Gasteiger partial charge in [0.25, 0.3) is 0 Å². The molecule has 4 heterocycles. The van der Waals surface area contributed by atoms with Crippen LogP contribution in [0.4, 0.5) is 17.1 Å². The van der Waals surface area contributed by atoms with Crippen LogP contribution in [0.2, 0.25) is 0 Å². The number of benzene rings is 8. The Kier molecular flexibility index (Phi) is 6.83. The largest absolute Gasteiger partial charge is 0.454 e. The summed E-state index contributed by atoms with van der Waals surface area (Å²) >= 11 is 0. The van der Waals surface area contributed by atoms with Crippen LogP contribution >= 0.6 is 0 Å². The van der Waals surface area contributed by atoms with E-state index in [9.17, 15) is 0 Å². The molecule has 0 bridgehead atoms. The highest BCUT2D eigenvalue weighted by Gasteiger charge is 2.44. The molecule has 0 saturated carbocycles. The molecule has 264 valence electrons. The molecular formula is C52H37BN2O. The molecule has 0 atom stereocenters. The third kappa shape index (κ3) is 4.47.